The van der Waals surface area contributed by atoms with Crippen molar-refractivity contribution in [1.82, 2.24) is 10.3 Å². The van der Waals surface area contributed by atoms with Gasteiger partial charge in [0.25, 0.3) is 0 Å². The van der Waals surface area contributed by atoms with Gasteiger partial charge in [0.1, 0.15) is 5.15 Å². The Hall–Kier alpha value is -1.02. The van der Waals surface area contributed by atoms with E-state index in [-0.39, 0.29) is 0 Å². The topological polar surface area (TPSA) is 24.9 Å². The van der Waals surface area contributed by atoms with E-state index < -0.39 is 0 Å². The van der Waals surface area contributed by atoms with Crippen molar-refractivity contribution in [3.63, 3.8) is 0 Å². The number of hydrogen-bond acceptors (Lipinski definition) is 2. The third-order valence-corrected chi connectivity index (χ3v) is 3.38. The van der Waals surface area contributed by atoms with Gasteiger partial charge in [-0.2, -0.15) is 0 Å². The van der Waals surface area contributed by atoms with E-state index in [0.29, 0.717) is 5.15 Å². The first kappa shape index (κ1) is 11.5. The molecule has 0 spiro atoms. The van der Waals surface area contributed by atoms with Gasteiger partial charge in [-0.15, -0.1) is 0 Å². The lowest BCUT2D eigenvalue weighted by atomic mass is 10.1. The van der Waals surface area contributed by atoms with Crippen molar-refractivity contribution in [2.45, 2.75) is 25.7 Å². The molecule has 0 unspecified atom stereocenters. The molecular formula is C13H17ClN2. The molecule has 1 heterocycles. The first-order valence-corrected chi connectivity index (χ1v) is 6.18. The van der Waals surface area contributed by atoms with E-state index in [1.165, 1.54) is 25.7 Å². The molecule has 3 heteroatoms. The fourth-order valence-electron chi connectivity index (χ4n) is 2.14. The summed E-state index contributed by atoms with van der Waals surface area (Å²) in [5.74, 6) is 0.817. The van der Waals surface area contributed by atoms with Crippen molar-refractivity contribution in [2.75, 3.05) is 6.54 Å². The first-order chi connectivity index (χ1) is 7.75. The fourth-order valence-corrected chi connectivity index (χ4v) is 2.25. The van der Waals surface area contributed by atoms with Crippen molar-refractivity contribution in [2.24, 2.45) is 5.92 Å². The molecule has 2 rings (SSSR count). The van der Waals surface area contributed by atoms with Crippen LogP contribution in [0.2, 0.25) is 5.15 Å². The van der Waals surface area contributed by atoms with Gasteiger partial charge in [-0.05, 0) is 30.9 Å². The predicted molar refractivity (Wildman–Crippen MR) is 68.2 cm³/mol. The lowest BCUT2D eigenvalue weighted by Gasteiger charge is -2.13. The molecule has 0 saturated heterocycles. The Morgan fingerprint density at radius 1 is 1.44 bits per heavy atom. The van der Waals surface area contributed by atoms with Crippen molar-refractivity contribution in [3.05, 3.63) is 35.6 Å². The number of nitrogens with one attached hydrogen (secondary N) is 1. The normalized spacial score (nSPS) is 16.3. The largest absolute Gasteiger partial charge is 0.385 e. The van der Waals surface area contributed by atoms with E-state index >= 15 is 0 Å². The highest BCUT2D eigenvalue weighted by atomic mass is 35.5. The van der Waals surface area contributed by atoms with Crippen LogP contribution in [0.15, 0.2) is 24.9 Å². The average Bonchev–Trinajstić information content (AvgIpc) is 2.80. The van der Waals surface area contributed by atoms with Gasteiger partial charge < -0.3 is 5.32 Å². The summed E-state index contributed by atoms with van der Waals surface area (Å²) in [6.45, 7) is 5.05. The highest BCUT2D eigenvalue weighted by Crippen LogP contribution is 2.24. The van der Waals surface area contributed by atoms with Gasteiger partial charge in [-0.1, -0.05) is 31.0 Å². The second kappa shape index (κ2) is 5.35. The third kappa shape index (κ3) is 2.99. The van der Waals surface area contributed by atoms with Crippen molar-refractivity contribution < 1.29 is 0 Å². The maximum absolute atomic E-state index is 5.74. The fraction of sp³-hybridized carbons (Fsp3) is 0.462. The van der Waals surface area contributed by atoms with Crippen LogP contribution in [0.1, 0.15) is 31.2 Å². The molecular weight excluding hydrogens is 220 g/mol. The van der Waals surface area contributed by atoms with Gasteiger partial charge >= 0.3 is 0 Å². The summed E-state index contributed by atoms with van der Waals surface area (Å²) in [5, 5.41) is 3.90. The Balaban J connectivity index is 1.85. The number of halogens is 1. The van der Waals surface area contributed by atoms with Crippen LogP contribution in [0.4, 0.5) is 0 Å². The van der Waals surface area contributed by atoms with Crippen LogP contribution in [0.3, 0.4) is 0 Å². The van der Waals surface area contributed by atoms with Gasteiger partial charge in [0.15, 0.2) is 0 Å². The first-order valence-electron chi connectivity index (χ1n) is 5.80. The Kier molecular flexibility index (Phi) is 3.83. The zero-order valence-corrected chi connectivity index (χ0v) is 10.1. The number of rotatable bonds is 4. The highest BCUT2D eigenvalue weighted by molar-refractivity contribution is 6.29. The minimum absolute atomic E-state index is 0.521. The van der Waals surface area contributed by atoms with Crippen LogP contribution >= 0.6 is 11.6 Å². The van der Waals surface area contributed by atoms with Crippen LogP contribution in [0.5, 0.6) is 0 Å². The maximum atomic E-state index is 5.74. The van der Waals surface area contributed by atoms with E-state index in [9.17, 15) is 0 Å². The van der Waals surface area contributed by atoms with Crippen molar-refractivity contribution in [1.29, 1.82) is 0 Å². The number of aromatic nitrogens is 1. The molecule has 0 aromatic carbocycles. The lowest BCUT2D eigenvalue weighted by molar-refractivity contribution is 0.531. The average molecular weight is 237 g/mol. The van der Waals surface area contributed by atoms with E-state index in [1.807, 2.05) is 6.07 Å². The van der Waals surface area contributed by atoms with Gasteiger partial charge in [0, 0.05) is 24.0 Å². The van der Waals surface area contributed by atoms with E-state index in [0.717, 1.165) is 23.7 Å². The SMILES string of the molecule is C=C(NCC1CCCC1)c1ccc(Cl)nc1. The molecule has 0 atom stereocenters. The minimum Gasteiger partial charge on any atom is -0.385 e. The molecule has 0 radical (unpaired) electrons. The summed E-state index contributed by atoms with van der Waals surface area (Å²) in [7, 11) is 0. The van der Waals surface area contributed by atoms with Gasteiger partial charge in [0.2, 0.25) is 0 Å². The summed E-state index contributed by atoms with van der Waals surface area (Å²) in [6, 6.07) is 3.73. The molecule has 0 bridgehead atoms. The second-order valence-electron chi connectivity index (χ2n) is 4.38. The molecule has 1 saturated carbocycles. The molecule has 1 aromatic heterocycles. The Morgan fingerprint density at radius 3 is 2.81 bits per heavy atom. The van der Waals surface area contributed by atoms with E-state index in [4.69, 9.17) is 11.6 Å². The molecule has 16 heavy (non-hydrogen) atoms. The summed E-state index contributed by atoms with van der Waals surface area (Å²) in [6.07, 6.45) is 7.20. The van der Waals surface area contributed by atoms with Gasteiger partial charge in [0.05, 0.1) is 0 Å². The van der Waals surface area contributed by atoms with Crippen molar-refractivity contribution in [3.8, 4) is 0 Å². The summed E-state index contributed by atoms with van der Waals surface area (Å²) < 4.78 is 0. The summed E-state index contributed by atoms with van der Waals surface area (Å²) >= 11 is 5.74. The van der Waals surface area contributed by atoms with Crippen LogP contribution in [0.25, 0.3) is 5.70 Å². The number of nitrogens with zero attached hydrogens (tertiary/aromatic N) is 1. The maximum Gasteiger partial charge on any atom is 0.129 e. The molecule has 0 aliphatic heterocycles. The molecule has 2 nitrogen and oxygen atoms in total. The smallest absolute Gasteiger partial charge is 0.129 e. The van der Waals surface area contributed by atoms with Crippen LogP contribution in [-0.2, 0) is 0 Å². The predicted octanol–water partition coefficient (Wildman–Crippen LogP) is 3.49. The summed E-state index contributed by atoms with van der Waals surface area (Å²) in [5.41, 5.74) is 1.96. The quantitative estimate of drug-likeness (QED) is 0.810. The van der Waals surface area contributed by atoms with Crippen LogP contribution in [0, 0.1) is 5.92 Å². The molecule has 1 aliphatic rings. The highest BCUT2D eigenvalue weighted by Gasteiger charge is 2.14. The Morgan fingerprint density at radius 2 is 2.19 bits per heavy atom. The zero-order chi connectivity index (χ0) is 11.4. The number of hydrogen-bond donors (Lipinski definition) is 1. The van der Waals surface area contributed by atoms with Crippen molar-refractivity contribution >= 4 is 17.3 Å². The Bertz CT molecular complexity index is 353. The second-order valence-corrected chi connectivity index (χ2v) is 4.77. The molecule has 1 aromatic rings. The molecule has 1 fully saturated rings. The van der Waals surface area contributed by atoms with Crippen LogP contribution < -0.4 is 5.32 Å². The molecule has 1 N–H and O–H groups in total. The minimum atomic E-state index is 0.521. The third-order valence-electron chi connectivity index (χ3n) is 3.15. The van der Waals surface area contributed by atoms with E-state index in [2.05, 4.69) is 16.9 Å². The summed E-state index contributed by atoms with van der Waals surface area (Å²) in [4.78, 5) is 4.04. The number of pyridine rings is 1. The van der Waals surface area contributed by atoms with Crippen LogP contribution in [-0.4, -0.2) is 11.5 Å². The van der Waals surface area contributed by atoms with E-state index in [1.54, 1.807) is 12.3 Å². The molecule has 1 aliphatic carbocycles. The Labute approximate surface area is 102 Å². The molecule has 86 valence electrons. The standard InChI is InChI=1S/C13H17ClN2/c1-10(12-6-7-13(14)16-9-12)15-8-11-4-2-3-5-11/h6-7,9,11,15H,1-5,8H2. The lowest BCUT2D eigenvalue weighted by Crippen LogP contribution is -2.19. The zero-order valence-electron chi connectivity index (χ0n) is 9.38. The van der Waals surface area contributed by atoms with Gasteiger partial charge in [-0.25, -0.2) is 4.98 Å². The van der Waals surface area contributed by atoms with Gasteiger partial charge in [-0.3, -0.25) is 0 Å². The monoisotopic (exact) mass is 236 g/mol. The molecule has 0 amide bonds.